The van der Waals surface area contributed by atoms with Gasteiger partial charge in [-0.1, -0.05) is 6.92 Å². The van der Waals surface area contributed by atoms with Crippen LogP contribution in [-0.4, -0.2) is 18.8 Å². The molecule has 6 heteroatoms. The monoisotopic (exact) mass is 182 g/mol. The van der Waals surface area contributed by atoms with Crippen molar-refractivity contribution in [3.8, 4) is 6.07 Å². The van der Waals surface area contributed by atoms with Gasteiger partial charge in [0.1, 0.15) is 6.04 Å². The van der Waals surface area contributed by atoms with Crippen molar-refractivity contribution in [3.63, 3.8) is 0 Å². The third-order valence-corrected chi connectivity index (χ3v) is 1.03. The molecule has 1 N–H and O–H groups in total. The van der Waals surface area contributed by atoms with Gasteiger partial charge in [-0.15, -0.1) is 0 Å². The van der Waals surface area contributed by atoms with Gasteiger partial charge in [-0.25, -0.2) is 0 Å². The molecule has 3 nitrogen and oxygen atoms in total. The lowest BCUT2D eigenvalue weighted by molar-refractivity contribution is -0.191. The second-order valence-corrected chi connectivity index (χ2v) is 2.11. The van der Waals surface area contributed by atoms with E-state index >= 15 is 0 Å². The summed E-state index contributed by atoms with van der Waals surface area (Å²) in [5.74, 6) is 0. The molecule has 0 aliphatic heterocycles. The minimum atomic E-state index is -4.36. The van der Waals surface area contributed by atoms with Crippen molar-refractivity contribution in [2.24, 2.45) is 0 Å². The number of hydroxylamine groups is 1. The maximum Gasteiger partial charge on any atom is 0.413 e. The summed E-state index contributed by atoms with van der Waals surface area (Å²) in [5.41, 5.74) is 1.99. The SMILES string of the molecule is CCC(C#N)NOCC(F)(F)F. The molecule has 0 radical (unpaired) electrons. The predicted octanol–water partition coefficient (Wildman–Crippen LogP) is 1.37. The fraction of sp³-hybridized carbons (Fsp3) is 0.833. The molecule has 0 saturated heterocycles. The highest BCUT2D eigenvalue weighted by Gasteiger charge is 2.28. The van der Waals surface area contributed by atoms with Crippen LogP contribution in [0.4, 0.5) is 13.2 Å². The average molecular weight is 182 g/mol. The van der Waals surface area contributed by atoms with E-state index in [0.717, 1.165) is 0 Å². The molecule has 0 bridgehead atoms. The third-order valence-electron chi connectivity index (χ3n) is 1.03. The lowest BCUT2D eigenvalue weighted by Gasteiger charge is -2.10. The number of halogens is 3. The van der Waals surface area contributed by atoms with Crippen LogP contribution in [0.15, 0.2) is 0 Å². The molecule has 0 aromatic heterocycles. The summed E-state index contributed by atoms with van der Waals surface area (Å²) in [7, 11) is 0. The topological polar surface area (TPSA) is 45.0 Å². The van der Waals surface area contributed by atoms with E-state index < -0.39 is 18.8 Å². The minimum absolute atomic E-state index is 0.397. The summed E-state index contributed by atoms with van der Waals surface area (Å²) in [4.78, 5) is 4.04. The van der Waals surface area contributed by atoms with Crippen molar-refractivity contribution in [1.82, 2.24) is 5.48 Å². The van der Waals surface area contributed by atoms with Gasteiger partial charge in [0, 0.05) is 0 Å². The maximum atomic E-state index is 11.5. The molecule has 0 rings (SSSR count). The Bertz CT molecular complexity index is 163. The van der Waals surface area contributed by atoms with Crippen LogP contribution in [0.3, 0.4) is 0 Å². The lowest BCUT2D eigenvalue weighted by atomic mass is 10.3. The van der Waals surface area contributed by atoms with Crippen LogP contribution in [-0.2, 0) is 4.84 Å². The smallest absolute Gasteiger partial charge is 0.291 e. The van der Waals surface area contributed by atoms with Crippen molar-refractivity contribution in [2.75, 3.05) is 6.61 Å². The first kappa shape index (κ1) is 11.2. The quantitative estimate of drug-likeness (QED) is 0.668. The highest BCUT2D eigenvalue weighted by Crippen LogP contribution is 2.13. The number of rotatable bonds is 4. The van der Waals surface area contributed by atoms with Crippen molar-refractivity contribution in [2.45, 2.75) is 25.6 Å². The van der Waals surface area contributed by atoms with Gasteiger partial charge in [0.2, 0.25) is 0 Å². The summed E-state index contributed by atoms with van der Waals surface area (Å²) in [6.07, 6.45) is -3.96. The number of nitrogens with zero attached hydrogens (tertiary/aromatic N) is 1. The molecule has 70 valence electrons. The number of hydrogen-bond acceptors (Lipinski definition) is 3. The second-order valence-electron chi connectivity index (χ2n) is 2.11. The van der Waals surface area contributed by atoms with Crippen molar-refractivity contribution < 1.29 is 18.0 Å². The Hall–Kier alpha value is -0.800. The van der Waals surface area contributed by atoms with Gasteiger partial charge < -0.3 is 0 Å². The van der Waals surface area contributed by atoms with Gasteiger partial charge in [-0.2, -0.15) is 23.9 Å². The fourth-order valence-corrected chi connectivity index (χ4v) is 0.425. The number of nitrogens with one attached hydrogen (secondary N) is 1. The molecule has 0 spiro atoms. The molecule has 1 unspecified atom stereocenters. The molecule has 1 atom stereocenters. The van der Waals surface area contributed by atoms with Crippen LogP contribution in [0, 0.1) is 11.3 Å². The third kappa shape index (κ3) is 5.95. The Labute approximate surface area is 68.1 Å². The molecular weight excluding hydrogens is 173 g/mol. The minimum Gasteiger partial charge on any atom is -0.291 e. The summed E-state index contributed by atoms with van der Waals surface area (Å²) in [6, 6.07) is 1.05. The normalized spacial score (nSPS) is 13.9. The fourth-order valence-electron chi connectivity index (χ4n) is 0.425. The van der Waals surface area contributed by atoms with Crippen LogP contribution in [0.1, 0.15) is 13.3 Å². The Morgan fingerprint density at radius 3 is 2.50 bits per heavy atom. The van der Waals surface area contributed by atoms with E-state index in [-0.39, 0.29) is 0 Å². The van der Waals surface area contributed by atoms with Gasteiger partial charge in [-0.05, 0) is 6.42 Å². The highest BCUT2D eigenvalue weighted by molar-refractivity contribution is 4.85. The van der Waals surface area contributed by atoms with E-state index in [1.165, 1.54) is 0 Å². The summed E-state index contributed by atoms with van der Waals surface area (Å²) < 4.78 is 34.4. The number of alkyl halides is 3. The van der Waals surface area contributed by atoms with Crippen molar-refractivity contribution >= 4 is 0 Å². The molecule has 12 heavy (non-hydrogen) atoms. The zero-order chi connectivity index (χ0) is 9.61. The predicted molar refractivity (Wildman–Crippen MR) is 34.8 cm³/mol. The second kappa shape index (κ2) is 4.95. The molecular formula is C6H9F3N2O. The largest absolute Gasteiger partial charge is 0.413 e. The molecule has 0 amide bonds. The molecule has 0 heterocycles. The Morgan fingerprint density at radius 1 is 1.58 bits per heavy atom. The summed E-state index contributed by atoms with van der Waals surface area (Å²) in [5, 5.41) is 8.28. The highest BCUT2D eigenvalue weighted by atomic mass is 19.4. The average Bonchev–Trinajstić information content (AvgIpc) is 1.96. The number of nitriles is 1. The van der Waals surface area contributed by atoms with E-state index in [0.29, 0.717) is 6.42 Å². The number of hydrogen-bond donors (Lipinski definition) is 1. The standard InChI is InChI=1S/C6H9F3N2O/c1-2-5(3-10)11-12-4-6(7,8)9/h5,11H,2,4H2,1H3. The van der Waals surface area contributed by atoms with Gasteiger partial charge in [0.05, 0.1) is 6.07 Å². The van der Waals surface area contributed by atoms with E-state index in [1.54, 1.807) is 13.0 Å². The van der Waals surface area contributed by atoms with Crippen LogP contribution >= 0.6 is 0 Å². The molecule has 0 fully saturated rings. The molecule has 0 aromatic carbocycles. The van der Waals surface area contributed by atoms with E-state index in [4.69, 9.17) is 5.26 Å². The van der Waals surface area contributed by atoms with Crippen LogP contribution < -0.4 is 5.48 Å². The van der Waals surface area contributed by atoms with Crippen LogP contribution in [0.2, 0.25) is 0 Å². The van der Waals surface area contributed by atoms with Gasteiger partial charge in [0.25, 0.3) is 0 Å². The molecule has 0 aliphatic carbocycles. The first-order valence-corrected chi connectivity index (χ1v) is 3.33. The van der Waals surface area contributed by atoms with E-state index in [2.05, 4.69) is 4.84 Å². The Balaban J connectivity index is 3.50. The van der Waals surface area contributed by atoms with Crippen molar-refractivity contribution in [3.05, 3.63) is 0 Å². The van der Waals surface area contributed by atoms with Crippen LogP contribution in [0.5, 0.6) is 0 Å². The van der Waals surface area contributed by atoms with Crippen LogP contribution in [0.25, 0.3) is 0 Å². The van der Waals surface area contributed by atoms with Gasteiger partial charge >= 0.3 is 6.18 Å². The Morgan fingerprint density at radius 2 is 2.17 bits per heavy atom. The van der Waals surface area contributed by atoms with E-state index in [9.17, 15) is 13.2 Å². The van der Waals surface area contributed by atoms with Gasteiger partial charge in [0.15, 0.2) is 6.61 Å². The summed E-state index contributed by atoms with van der Waals surface area (Å²) in [6.45, 7) is 0.281. The Kier molecular flexibility index (Phi) is 4.62. The van der Waals surface area contributed by atoms with Crippen molar-refractivity contribution in [1.29, 1.82) is 5.26 Å². The first-order chi connectivity index (χ1) is 5.49. The summed E-state index contributed by atoms with van der Waals surface area (Å²) >= 11 is 0. The molecule has 0 saturated carbocycles. The molecule has 0 aliphatic rings. The lowest BCUT2D eigenvalue weighted by Crippen LogP contribution is -2.31. The molecule has 0 aromatic rings. The van der Waals surface area contributed by atoms with E-state index in [1.807, 2.05) is 5.48 Å². The zero-order valence-electron chi connectivity index (χ0n) is 6.48. The zero-order valence-corrected chi connectivity index (χ0v) is 6.48. The maximum absolute atomic E-state index is 11.5. The van der Waals surface area contributed by atoms with Gasteiger partial charge in [-0.3, -0.25) is 4.84 Å². The first-order valence-electron chi connectivity index (χ1n) is 3.33.